The quantitative estimate of drug-likeness (QED) is 0.824. The monoisotopic (exact) mass is 222 g/mol. The molecular weight excluding hydrogens is 207 g/mol. The smallest absolute Gasteiger partial charge is 0.222 e. The molecule has 1 aromatic rings. The Morgan fingerprint density at radius 2 is 2.31 bits per heavy atom. The molecule has 0 radical (unpaired) electrons. The molecule has 86 valence electrons. The summed E-state index contributed by atoms with van der Waals surface area (Å²) in [5, 5.41) is 0. The zero-order valence-electron chi connectivity index (χ0n) is 9.03. The summed E-state index contributed by atoms with van der Waals surface area (Å²) in [5.41, 5.74) is 6.12. The molecule has 1 aliphatic rings. The molecule has 1 fully saturated rings. The van der Waals surface area contributed by atoms with Crippen molar-refractivity contribution in [2.45, 2.75) is 12.8 Å². The number of hydrogen-bond acceptors (Lipinski definition) is 2. The summed E-state index contributed by atoms with van der Waals surface area (Å²) in [4.78, 5) is 13.1. The summed E-state index contributed by atoms with van der Waals surface area (Å²) >= 11 is 0. The zero-order chi connectivity index (χ0) is 11.5. The fourth-order valence-electron chi connectivity index (χ4n) is 2.12. The molecule has 2 N–H and O–H groups in total. The fraction of sp³-hybridized carbons (Fsp3) is 0.417. The van der Waals surface area contributed by atoms with E-state index in [1.807, 2.05) is 11.0 Å². The van der Waals surface area contributed by atoms with Crippen LogP contribution in [0.4, 0.5) is 10.1 Å². The predicted molar refractivity (Wildman–Crippen MR) is 60.5 cm³/mol. The second-order valence-corrected chi connectivity index (χ2v) is 4.17. The second-order valence-electron chi connectivity index (χ2n) is 4.17. The number of amides is 1. The van der Waals surface area contributed by atoms with Crippen molar-refractivity contribution < 1.29 is 9.18 Å². The number of nitrogens with two attached hydrogens (primary N) is 1. The average molecular weight is 222 g/mol. The lowest BCUT2D eigenvalue weighted by atomic mass is 9.97. The molecule has 1 atom stereocenters. The van der Waals surface area contributed by atoms with Crippen LogP contribution in [-0.4, -0.2) is 19.0 Å². The largest absolute Gasteiger partial charge is 0.371 e. The van der Waals surface area contributed by atoms with Crippen LogP contribution in [0.5, 0.6) is 0 Å². The normalized spacial score (nSPS) is 20.8. The molecule has 1 amide bonds. The number of piperidine rings is 1. The zero-order valence-corrected chi connectivity index (χ0v) is 9.03. The van der Waals surface area contributed by atoms with E-state index in [0.29, 0.717) is 6.54 Å². The van der Waals surface area contributed by atoms with Gasteiger partial charge in [0, 0.05) is 18.8 Å². The Morgan fingerprint density at radius 3 is 3.00 bits per heavy atom. The van der Waals surface area contributed by atoms with Crippen molar-refractivity contribution in [2.75, 3.05) is 18.0 Å². The highest BCUT2D eigenvalue weighted by molar-refractivity contribution is 5.77. The van der Waals surface area contributed by atoms with Crippen LogP contribution in [0.25, 0.3) is 0 Å². The molecule has 3 nitrogen and oxygen atoms in total. The first-order valence-electron chi connectivity index (χ1n) is 5.46. The first-order chi connectivity index (χ1) is 7.66. The Kier molecular flexibility index (Phi) is 3.08. The van der Waals surface area contributed by atoms with Gasteiger partial charge in [0.15, 0.2) is 0 Å². The summed E-state index contributed by atoms with van der Waals surface area (Å²) in [6.45, 7) is 1.45. The minimum absolute atomic E-state index is 0.114. The molecule has 16 heavy (non-hydrogen) atoms. The third-order valence-electron chi connectivity index (χ3n) is 3.00. The molecule has 1 aromatic carbocycles. The summed E-state index contributed by atoms with van der Waals surface area (Å²) in [7, 11) is 0. The third-order valence-corrected chi connectivity index (χ3v) is 3.00. The molecule has 4 heteroatoms. The maximum atomic E-state index is 13.1. The van der Waals surface area contributed by atoms with E-state index in [0.717, 1.165) is 25.1 Å². The lowest BCUT2D eigenvalue weighted by Crippen LogP contribution is -2.41. The molecule has 1 aliphatic heterocycles. The van der Waals surface area contributed by atoms with Crippen LogP contribution < -0.4 is 10.6 Å². The first kappa shape index (κ1) is 10.9. The molecule has 0 bridgehead atoms. The number of carbonyl (C=O) groups excluding carboxylic acids is 1. The molecule has 1 unspecified atom stereocenters. The number of primary amides is 1. The van der Waals surface area contributed by atoms with Gasteiger partial charge in [0.2, 0.25) is 5.91 Å². The highest BCUT2D eigenvalue weighted by Gasteiger charge is 2.24. The fourth-order valence-corrected chi connectivity index (χ4v) is 2.12. The van der Waals surface area contributed by atoms with E-state index in [2.05, 4.69) is 0 Å². The highest BCUT2D eigenvalue weighted by atomic mass is 19.1. The average Bonchev–Trinajstić information content (AvgIpc) is 2.29. The SMILES string of the molecule is NC(=O)C1CCCN(c2cccc(F)c2)C1. The number of hydrogen-bond donors (Lipinski definition) is 1. The number of anilines is 1. The number of carbonyl (C=O) groups is 1. The summed E-state index contributed by atoms with van der Waals surface area (Å²) in [5.74, 6) is -0.628. The van der Waals surface area contributed by atoms with Crippen LogP contribution in [0.2, 0.25) is 0 Å². The molecule has 0 saturated carbocycles. The minimum atomic E-state index is -0.263. The Balaban J connectivity index is 2.12. The van der Waals surface area contributed by atoms with E-state index in [1.54, 1.807) is 6.07 Å². The Bertz CT molecular complexity index is 394. The van der Waals surface area contributed by atoms with Crippen molar-refractivity contribution >= 4 is 11.6 Å². The lowest BCUT2D eigenvalue weighted by molar-refractivity contribution is -0.122. The first-order valence-corrected chi connectivity index (χ1v) is 5.46. The maximum Gasteiger partial charge on any atom is 0.222 e. The van der Waals surface area contributed by atoms with E-state index in [9.17, 15) is 9.18 Å². The standard InChI is InChI=1S/C12H15FN2O/c13-10-4-1-5-11(7-10)15-6-2-3-9(8-15)12(14)16/h1,4-5,7,9H,2-3,6,8H2,(H2,14,16). The van der Waals surface area contributed by atoms with Crippen LogP contribution in [0.1, 0.15) is 12.8 Å². The van der Waals surface area contributed by atoms with E-state index in [1.165, 1.54) is 12.1 Å². The number of benzene rings is 1. The summed E-state index contributed by atoms with van der Waals surface area (Å²) in [6, 6.07) is 6.44. The molecular formula is C12H15FN2O. The van der Waals surface area contributed by atoms with Crippen molar-refractivity contribution in [1.29, 1.82) is 0 Å². The van der Waals surface area contributed by atoms with Gasteiger partial charge in [-0.3, -0.25) is 4.79 Å². The Labute approximate surface area is 94.0 Å². The van der Waals surface area contributed by atoms with Gasteiger partial charge in [0.25, 0.3) is 0 Å². The summed E-state index contributed by atoms with van der Waals surface area (Å²) in [6.07, 6.45) is 1.76. The number of halogens is 1. The predicted octanol–water partition coefficient (Wildman–Crippen LogP) is 1.53. The maximum absolute atomic E-state index is 13.1. The molecule has 0 aliphatic carbocycles. The molecule has 1 saturated heterocycles. The minimum Gasteiger partial charge on any atom is -0.371 e. The van der Waals surface area contributed by atoms with Crippen molar-refractivity contribution in [3.8, 4) is 0 Å². The molecule has 1 heterocycles. The van der Waals surface area contributed by atoms with Crippen LogP contribution in [0, 0.1) is 11.7 Å². The van der Waals surface area contributed by atoms with Gasteiger partial charge in [-0.2, -0.15) is 0 Å². The third kappa shape index (κ3) is 2.32. The van der Waals surface area contributed by atoms with Gasteiger partial charge in [0.05, 0.1) is 5.92 Å². The van der Waals surface area contributed by atoms with Crippen LogP contribution in [0.15, 0.2) is 24.3 Å². The van der Waals surface area contributed by atoms with Gasteiger partial charge in [-0.25, -0.2) is 4.39 Å². The Hall–Kier alpha value is -1.58. The van der Waals surface area contributed by atoms with Crippen LogP contribution in [-0.2, 0) is 4.79 Å². The van der Waals surface area contributed by atoms with Gasteiger partial charge in [-0.15, -0.1) is 0 Å². The van der Waals surface area contributed by atoms with Crippen LogP contribution in [0.3, 0.4) is 0 Å². The second kappa shape index (κ2) is 4.51. The van der Waals surface area contributed by atoms with Gasteiger partial charge in [-0.1, -0.05) is 6.07 Å². The summed E-state index contributed by atoms with van der Waals surface area (Å²) < 4.78 is 13.1. The topological polar surface area (TPSA) is 46.3 Å². The van der Waals surface area contributed by atoms with Crippen molar-refractivity contribution in [1.82, 2.24) is 0 Å². The van der Waals surface area contributed by atoms with Crippen molar-refractivity contribution in [3.05, 3.63) is 30.1 Å². The molecule has 0 spiro atoms. The molecule has 2 rings (SSSR count). The highest BCUT2D eigenvalue weighted by Crippen LogP contribution is 2.23. The van der Waals surface area contributed by atoms with E-state index in [4.69, 9.17) is 5.73 Å². The van der Waals surface area contributed by atoms with Crippen molar-refractivity contribution in [2.24, 2.45) is 11.7 Å². The van der Waals surface area contributed by atoms with Crippen molar-refractivity contribution in [3.63, 3.8) is 0 Å². The van der Waals surface area contributed by atoms with Gasteiger partial charge in [-0.05, 0) is 31.0 Å². The number of nitrogens with zero attached hydrogens (tertiary/aromatic N) is 1. The van der Waals surface area contributed by atoms with Gasteiger partial charge >= 0.3 is 0 Å². The van der Waals surface area contributed by atoms with E-state index >= 15 is 0 Å². The van der Waals surface area contributed by atoms with Crippen LogP contribution >= 0.6 is 0 Å². The van der Waals surface area contributed by atoms with Gasteiger partial charge < -0.3 is 10.6 Å². The lowest BCUT2D eigenvalue weighted by Gasteiger charge is -2.32. The van der Waals surface area contributed by atoms with E-state index in [-0.39, 0.29) is 17.6 Å². The van der Waals surface area contributed by atoms with E-state index < -0.39 is 0 Å². The van der Waals surface area contributed by atoms with Gasteiger partial charge in [0.1, 0.15) is 5.82 Å². The molecule has 0 aromatic heterocycles. The Morgan fingerprint density at radius 1 is 1.50 bits per heavy atom. The number of rotatable bonds is 2.